The van der Waals surface area contributed by atoms with Crippen LogP contribution in [0.25, 0.3) is 0 Å². The van der Waals surface area contributed by atoms with Crippen molar-refractivity contribution in [2.75, 3.05) is 20.2 Å². The Bertz CT molecular complexity index is 964. The van der Waals surface area contributed by atoms with Gasteiger partial charge in [0.2, 0.25) is 15.9 Å². The third-order valence-corrected chi connectivity index (χ3v) is 6.81. The molecule has 1 fully saturated rings. The predicted molar refractivity (Wildman–Crippen MR) is 92.4 cm³/mol. The van der Waals surface area contributed by atoms with E-state index in [1.807, 2.05) is 6.07 Å². The first kappa shape index (κ1) is 18.3. The van der Waals surface area contributed by atoms with Crippen LogP contribution in [0.3, 0.4) is 0 Å². The highest BCUT2D eigenvalue weighted by Gasteiger charge is 2.36. The molecule has 1 saturated heterocycles. The van der Waals surface area contributed by atoms with Gasteiger partial charge in [-0.05, 0) is 23.9 Å². The van der Waals surface area contributed by atoms with Gasteiger partial charge in [-0.15, -0.1) is 11.3 Å². The van der Waals surface area contributed by atoms with Crippen LogP contribution in [0, 0.1) is 11.3 Å². The molecular weight excluding hydrogens is 378 g/mol. The quantitative estimate of drug-likeness (QED) is 0.710. The number of ether oxygens (including phenoxy) is 2. The molecule has 0 spiro atoms. The average molecular weight is 393 g/mol. The fraction of sp³-hybridized carbons (Fsp3) is 0.312. The Morgan fingerprint density at radius 1 is 1.46 bits per heavy atom. The van der Waals surface area contributed by atoms with Gasteiger partial charge in [-0.2, -0.15) is 9.57 Å². The molecule has 0 saturated carbocycles. The van der Waals surface area contributed by atoms with Crippen LogP contribution in [-0.2, 0) is 14.8 Å². The van der Waals surface area contributed by atoms with Crippen molar-refractivity contribution in [3.63, 3.8) is 0 Å². The Balaban J connectivity index is 1.75. The molecular formula is C16H15N3O5S2. The lowest BCUT2D eigenvalue weighted by molar-refractivity contribution is 0.0602. The first-order valence-corrected chi connectivity index (χ1v) is 9.96. The number of thiophene rings is 1. The van der Waals surface area contributed by atoms with Gasteiger partial charge in [0.15, 0.2) is 0 Å². The number of sulfonamides is 1. The first-order chi connectivity index (χ1) is 12.5. The van der Waals surface area contributed by atoms with Gasteiger partial charge in [0.25, 0.3) is 0 Å². The van der Waals surface area contributed by atoms with Crippen molar-refractivity contribution >= 4 is 27.3 Å². The van der Waals surface area contributed by atoms with Gasteiger partial charge in [-0.1, -0.05) is 0 Å². The molecule has 0 amide bonds. The number of hydrogen-bond donors (Lipinski definition) is 0. The van der Waals surface area contributed by atoms with E-state index in [9.17, 15) is 13.2 Å². The summed E-state index contributed by atoms with van der Waals surface area (Å²) in [4.78, 5) is 15.8. The Labute approximate surface area is 154 Å². The molecule has 0 bridgehead atoms. The Kier molecular flexibility index (Phi) is 5.22. The zero-order chi connectivity index (χ0) is 18.7. The number of nitrogens with zero attached hydrogens (tertiary/aromatic N) is 3. The van der Waals surface area contributed by atoms with Crippen LogP contribution in [0.1, 0.15) is 21.7 Å². The fourth-order valence-electron chi connectivity index (χ4n) is 2.61. The second-order valence-electron chi connectivity index (χ2n) is 5.49. The van der Waals surface area contributed by atoms with Crippen LogP contribution in [0.2, 0.25) is 0 Å². The maximum Gasteiger partial charge on any atom is 0.349 e. The number of hydrogen-bond acceptors (Lipinski definition) is 8. The summed E-state index contributed by atoms with van der Waals surface area (Å²) in [5.74, 6) is -0.401. The summed E-state index contributed by atoms with van der Waals surface area (Å²) in [6.07, 6.45) is 1.56. The number of carbonyl (C=O) groups excluding carboxylic acids is 1. The number of rotatable bonds is 5. The van der Waals surface area contributed by atoms with E-state index in [2.05, 4.69) is 9.72 Å². The molecule has 2 aromatic rings. The number of carbonyl (C=O) groups is 1. The van der Waals surface area contributed by atoms with Gasteiger partial charge in [0.05, 0.1) is 25.3 Å². The number of nitriles is 1. The van der Waals surface area contributed by atoms with Gasteiger partial charge in [-0.3, -0.25) is 0 Å². The highest BCUT2D eigenvalue weighted by molar-refractivity contribution is 7.89. The largest absolute Gasteiger partial charge is 0.473 e. The van der Waals surface area contributed by atoms with E-state index in [0.29, 0.717) is 12.0 Å². The zero-order valence-electron chi connectivity index (χ0n) is 13.8. The third kappa shape index (κ3) is 3.55. The summed E-state index contributed by atoms with van der Waals surface area (Å²) in [6.45, 7) is 0.401. The van der Waals surface area contributed by atoms with Gasteiger partial charge in [0, 0.05) is 18.8 Å². The summed E-state index contributed by atoms with van der Waals surface area (Å²) in [6, 6.07) is 6.46. The summed E-state index contributed by atoms with van der Waals surface area (Å²) in [7, 11) is -2.62. The molecule has 0 aliphatic carbocycles. The van der Waals surface area contributed by atoms with Crippen LogP contribution < -0.4 is 4.74 Å². The molecule has 10 heteroatoms. The van der Waals surface area contributed by atoms with Gasteiger partial charge < -0.3 is 9.47 Å². The first-order valence-electron chi connectivity index (χ1n) is 7.64. The molecule has 3 rings (SSSR count). The van der Waals surface area contributed by atoms with Crippen molar-refractivity contribution in [3.8, 4) is 11.9 Å². The molecule has 1 unspecified atom stereocenters. The smallest absolute Gasteiger partial charge is 0.349 e. The van der Waals surface area contributed by atoms with E-state index in [1.165, 1.54) is 29.7 Å². The van der Waals surface area contributed by atoms with E-state index in [1.54, 1.807) is 11.4 Å². The van der Waals surface area contributed by atoms with E-state index in [0.717, 1.165) is 11.3 Å². The number of esters is 1. The molecule has 1 atom stereocenters. The Hall–Kier alpha value is -2.48. The van der Waals surface area contributed by atoms with Crippen LogP contribution in [0.4, 0.5) is 0 Å². The summed E-state index contributed by atoms with van der Waals surface area (Å²) in [5, 5.41) is 10.5. The summed E-state index contributed by atoms with van der Waals surface area (Å²) < 4.78 is 37.3. The minimum Gasteiger partial charge on any atom is -0.473 e. The highest BCUT2D eigenvalue weighted by atomic mass is 32.2. The van der Waals surface area contributed by atoms with Gasteiger partial charge in [0.1, 0.15) is 15.9 Å². The molecule has 0 radical (unpaired) electrons. The normalized spacial score (nSPS) is 17.6. The van der Waals surface area contributed by atoms with Crippen molar-refractivity contribution in [1.29, 1.82) is 5.26 Å². The Morgan fingerprint density at radius 2 is 2.27 bits per heavy atom. The summed E-state index contributed by atoms with van der Waals surface area (Å²) >= 11 is 1.02. The zero-order valence-corrected chi connectivity index (χ0v) is 15.4. The summed E-state index contributed by atoms with van der Waals surface area (Å²) in [5.41, 5.74) is 0.415. The van der Waals surface area contributed by atoms with Crippen molar-refractivity contribution in [2.24, 2.45) is 0 Å². The van der Waals surface area contributed by atoms with E-state index >= 15 is 0 Å². The maximum atomic E-state index is 12.8. The Morgan fingerprint density at radius 3 is 3.00 bits per heavy atom. The van der Waals surface area contributed by atoms with Crippen LogP contribution in [0.5, 0.6) is 5.88 Å². The SMILES string of the molecule is COC(=O)c1sccc1S(=O)(=O)N1CCC(Oc2cc(C#N)ccn2)C1. The lowest BCUT2D eigenvalue weighted by Crippen LogP contribution is -2.31. The highest BCUT2D eigenvalue weighted by Crippen LogP contribution is 2.29. The van der Waals surface area contributed by atoms with E-state index < -0.39 is 16.0 Å². The number of aromatic nitrogens is 1. The lowest BCUT2D eigenvalue weighted by atomic mass is 10.3. The molecule has 136 valence electrons. The minimum atomic E-state index is -3.83. The van der Waals surface area contributed by atoms with E-state index in [4.69, 9.17) is 10.00 Å². The second kappa shape index (κ2) is 7.41. The molecule has 0 N–H and O–H groups in total. The van der Waals surface area contributed by atoms with Crippen molar-refractivity contribution in [3.05, 3.63) is 40.2 Å². The van der Waals surface area contributed by atoms with Crippen LogP contribution >= 0.6 is 11.3 Å². The van der Waals surface area contributed by atoms with Gasteiger partial charge in [-0.25, -0.2) is 18.2 Å². The minimum absolute atomic E-state index is 0.0558. The standard InChI is InChI=1S/C16H15N3O5S2/c1-23-16(20)15-13(4-7-25-15)26(21,22)19-6-3-12(10-19)24-14-8-11(9-17)2-5-18-14/h2,4-5,7-8,12H,3,6,10H2,1H3. The van der Waals surface area contributed by atoms with Crippen molar-refractivity contribution < 1.29 is 22.7 Å². The van der Waals surface area contributed by atoms with E-state index in [-0.39, 0.29) is 34.8 Å². The van der Waals surface area contributed by atoms with Gasteiger partial charge >= 0.3 is 5.97 Å². The molecule has 0 aromatic carbocycles. The molecule has 2 aromatic heterocycles. The number of methoxy groups -OCH3 is 1. The molecule has 26 heavy (non-hydrogen) atoms. The second-order valence-corrected chi connectivity index (χ2v) is 8.31. The molecule has 1 aliphatic rings. The molecule has 3 heterocycles. The number of pyridine rings is 1. The maximum absolute atomic E-state index is 12.8. The molecule has 1 aliphatic heterocycles. The predicted octanol–water partition coefficient (Wildman–Crippen LogP) is 1.64. The topological polar surface area (TPSA) is 110 Å². The monoisotopic (exact) mass is 393 g/mol. The van der Waals surface area contributed by atoms with Crippen LogP contribution in [0.15, 0.2) is 34.7 Å². The molecule has 8 nitrogen and oxygen atoms in total. The third-order valence-electron chi connectivity index (χ3n) is 3.88. The van der Waals surface area contributed by atoms with Crippen molar-refractivity contribution in [2.45, 2.75) is 17.4 Å². The lowest BCUT2D eigenvalue weighted by Gasteiger charge is -2.17. The van der Waals surface area contributed by atoms with Crippen molar-refractivity contribution in [1.82, 2.24) is 9.29 Å². The van der Waals surface area contributed by atoms with Crippen LogP contribution in [-0.4, -0.2) is 50.0 Å². The average Bonchev–Trinajstić information content (AvgIpc) is 3.31. The fourth-order valence-corrected chi connectivity index (χ4v) is 5.40.